The summed E-state index contributed by atoms with van der Waals surface area (Å²) in [5.41, 5.74) is 10.0. The molecule has 18 heavy (non-hydrogen) atoms. The summed E-state index contributed by atoms with van der Waals surface area (Å²) < 4.78 is 0. The van der Waals surface area contributed by atoms with Gasteiger partial charge in [0.05, 0.1) is 12.1 Å². The van der Waals surface area contributed by atoms with Gasteiger partial charge in [-0.1, -0.05) is 29.4 Å². The fourth-order valence-electron chi connectivity index (χ4n) is 1.88. The minimum Gasteiger partial charge on any atom is -0.385 e. The van der Waals surface area contributed by atoms with Gasteiger partial charge in [-0.2, -0.15) is 11.3 Å². The zero-order chi connectivity index (χ0) is 13.0. The van der Waals surface area contributed by atoms with Crippen molar-refractivity contribution >= 4 is 11.3 Å². The van der Waals surface area contributed by atoms with Crippen molar-refractivity contribution in [2.45, 2.75) is 12.5 Å². The third-order valence-electron chi connectivity index (χ3n) is 2.78. The number of azide groups is 1. The summed E-state index contributed by atoms with van der Waals surface area (Å²) in [6, 6.07) is 9.63. The fourth-order valence-corrected chi connectivity index (χ4v) is 2.53. The van der Waals surface area contributed by atoms with Crippen molar-refractivity contribution in [3.05, 3.63) is 57.1 Å². The molecule has 0 bridgehead atoms. The second-order valence-corrected chi connectivity index (χ2v) is 5.00. The molecule has 1 N–H and O–H groups in total. The largest absolute Gasteiger partial charge is 0.385 e. The van der Waals surface area contributed by atoms with Crippen LogP contribution < -0.4 is 0 Å². The van der Waals surface area contributed by atoms with Crippen LogP contribution in [0.3, 0.4) is 0 Å². The van der Waals surface area contributed by atoms with E-state index in [1.54, 1.807) is 18.3 Å². The highest BCUT2D eigenvalue weighted by Gasteiger charge is 2.25. The first-order valence-corrected chi connectivity index (χ1v) is 6.45. The molecule has 0 aliphatic carbocycles. The van der Waals surface area contributed by atoms with Crippen LogP contribution in [0.15, 0.2) is 46.2 Å². The van der Waals surface area contributed by atoms with E-state index in [0.717, 1.165) is 16.7 Å². The van der Waals surface area contributed by atoms with E-state index in [2.05, 4.69) is 10.0 Å². The fraction of sp³-hybridized carbons (Fsp3) is 0.231. The molecule has 2 rings (SSSR count). The summed E-state index contributed by atoms with van der Waals surface area (Å²) in [4.78, 5) is 2.71. The molecule has 0 saturated carbocycles. The Balaban J connectivity index is 2.48. The van der Waals surface area contributed by atoms with Crippen LogP contribution in [-0.4, -0.2) is 11.7 Å². The van der Waals surface area contributed by atoms with Crippen molar-refractivity contribution in [1.82, 2.24) is 0 Å². The lowest BCUT2D eigenvalue weighted by atomic mass is 9.89. The van der Waals surface area contributed by atoms with Gasteiger partial charge in [-0.25, -0.2) is 0 Å². The SMILES string of the molecule is C[C@@](O)(CN=[N+]=[N-])c1ccccc1-c1ccsc1. The van der Waals surface area contributed by atoms with Gasteiger partial charge in [0.1, 0.15) is 0 Å². The van der Waals surface area contributed by atoms with Gasteiger partial charge in [0, 0.05) is 4.91 Å². The Morgan fingerprint density at radius 1 is 1.39 bits per heavy atom. The topological polar surface area (TPSA) is 69.0 Å². The highest BCUT2D eigenvalue weighted by molar-refractivity contribution is 7.08. The molecule has 0 unspecified atom stereocenters. The summed E-state index contributed by atoms with van der Waals surface area (Å²) in [5.74, 6) is 0. The van der Waals surface area contributed by atoms with Crippen LogP contribution in [0.1, 0.15) is 12.5 Å². The zero-order valence-corrected chi connectivity index (χ0v) is 10.8. The van der Waals surface area contributed by atoms with E-state index in [-0.39, 0.29) is 6.54 Å². The van der Waals surface area contributed by atoms with Crippen LogP contribution in [0.2, 0.25) is 0 Å². The highest BCUT2D eigenvalue weighted by atomic mass is 32.1. The number of rotatable bonds is 4. The standard InChI is InChI=1S/C13H13N3OS/c1-13(17,9-15-16-14)12-5-3-2-4-11(12)10-6-7-18-8-10/h2-8,17H,9H2,1H3/t13-/m1/s1. The Hall–Kier alpha value is -1.81. The molecular formula is C13H13N3OS. The van der Waals surface area contributed by atoms with Crippen molar-refractivity contribution in [2.24, 2.45) is 5.11 Å². The monoisotopic (exact) mass is 259 g/mol. The highest BCUT2D eigenvalue weighted by Crippen LogP contribution is 2.33. The number of hydrogen-bond donors (Lipinski definition) is 1. The van der Waals surface area contributed by atoms with E-state index >= 15 is 0 Å². The maximum absolute atomic E-state index is 10.4. The van der Waals surface area contributed by atoms with Crippen molar-refractivity contribution in [1.29, 1.82) is 0 Å². The van der Waals surface area contributed by atoms with Gasteiger partial charge in [-0.3, -0.25) is 0 Å². The van der Waals surface area contributed by atoms with E-state index in [9.17, 15) is 5.11 Å². The summed E-state index contributed by atoms with van der Waals surface area (Å²) in [5, 5.41) is 17.9. The molecule has 0 radical (unpaired) electrons. The molecule has 5 heteroatoms. The zero-order valence-electron chi connectivity index (χ0n) is 9.95. The van der Waals surface area contributed by atoms with Gasteiger partial charge >= 0.3 is 0 Å². The van der Waals surface area contributed by atoms with Gasteiger partial charge in [0.2, 0.25) is 0 Å². The van der Waals surface area contributed by atoms with Crippen LogP contribution in [-0.2, 0) is 5.60 Å². The Morgan fingerprint density at radius 3 is 2.83 bits per heavy atom. The van der Waals surface area contributed by atoms with Crippen LogP contribution in [0, 0.1) is 0 Å². The van der Waals surface area contributed by atoms with E-state index in [1.165, 1.54) is 0 Å². The first-order chi connectivity index (χ1) is 8.65. The molecule has 1 heterocycles. The molecule has 92 valence electrons. The van der Waals surface area contributed by atoms with Crippen LogP contribution in [0.5, 0.6) is 0 Å². The molecule has 2 aromatic rings. The smallest absolute Gasteiger partial charge is 0.0930 e. The van der Waals surface area contributed by atoms with Crippen molar-refractivity contribution in [3.63, 3.8) is 0 Å². The maximum Gasteiger partial charge on any atom is 0.0930 e. The number of hydrogen-bond acceptors (Lipinski definition) is 3. The quantitative estimate of drug-likeness (QED) is 0.504. The summed E-state index contributed by atoms with van der Waals surface area (Å²) in [6.45, 7) is 1.68. The Morgan fingerprint density at radius 2 is 2.17 bits per heavy atom. The summed E-state index contributed by atoms with van der Waals surface area (Å²) in [6.07, 6.45) is 0. The van der Waals surface area contributed by atoms with Crippen molar-refractivity contribution < 1.29 is 5.11 Å². The van der Waals surface area contributed by atoms with Gasteiger partial charge in [0.25, 0.3) is 0 Å². The third kappa shape index (κ3) is 2.54. The second kappa shape index (κ2) is 5.23. The predicted molar refractivity (Wildman–Crippen MR) is 73.3 cm³/mol. The molecule has 1 aromatic heterocycles. The normalized spacial score (nSPS) is 13.7. The second-order valence-electron chi connectivity index (χ2n) is 4.22. The lowest BCUT2D eigenvalue weighted by Crippen LogP contribution is -2.25. The lowest BCUT2D eigenvalue weighted by Gasteiger charge is -2.24. The molecule has 0 aliphatic heterocycles. The molecule has 4 nitrogen and oxygen atoms in total. The average molecular weight is 259 g/mol. The molecular weight excluding hydrogens is 246 g/mol. The van der Waals surface area contributed by atoms with Gasteiger partial charge in [0.15, 0.2) is 0 Å². The molecule has 0 aliphatic rings. The molecule has 0 fully saturated rings. The number of benzene rings is 1. The third-order valence-corrected chi connectivity index (χ3v) is 3.46. The Bertz CT molecular complexity index is 572. The number of nitrogens with zero attached hydrogens (tertiary/aromatic N) is 3. The Kier molecular flexibility index (Phi) is 3.67. The van der Waals surface area contributed by atoms with Crippen LogP contribution in [0.4, 0.5) is 0 Å². The van der Waals surface area contributed by atoms with Gasteiger partial charge < -0.3 is 5.11 Å². The molecule has 0 spiro atoms. The first kappa shape index (κ1) is 12.6. The number of thiophene rings is 1. The minimum absolute atomic E-state index is 0.0185. The van der Waals surface area contributed by atoms with Gasteiger partial charge in [-0.15, -0.1) is 0 Å². The van der Waals surface area contributed by atoms with Crippen molar-refractivity contribution in [2.75, 3.05) is 6.54 Å². The van der Waals surface area contributed by atoms with E-state index < -0.39 is 5.60 Å². The number of aliphatic hydroxyl groups is 1. The summed E-state index contributed by atoms with van der Waals surface area (Å²) >= 11 is 1.61. The maximum atomic E-state index is 10.4. The minimum atomic E-state index is -1.16. The van der Waals surface area contributed by atoms with Crippen LogP contribution in [0.25, 0.3) is 21.6 Å². The van der Waals surface area contributed by atoms with Crippen molar-refractivity contribution in [3.8, 4) is 11.1 Å². The van der Waals surface area contributed by atoms with E-state index in [0.29, 0.717) is 0 Å². The Labute approximate surface area is 109 Å². The van der Waals surface area contributed by atoms with E-state index in [1.807, 2.05) is 41.1 Å². The average Bonchev–Trinajstić information content (AvgIpc) is 2.90. The molecule has 1 aromatic carbocycles. The van der Waals surface area contributed by atoms with Crippen LogP contribution >= 0.6 is 11.3 Å². The lowest BCUT2D eigenvalue weighted by molar-refractivity contribution is 0.0675. The predicted octanol–water partition coefficient (Wildman–Crippen LogP) is 3.93. The summed E-state index contributed by atoms with van der Waals surface area (Å²) in [7, 11) is 0. The molecule has 0 saturated heterocycles. The molecule has 0 amide bonds. The molecule has 1 atom stereocenters. The van der Waals surface area contributed by atoms with E-state index in [4.69, 9.17) is 5.53 Å². The first-order valence-electron chi connectivity index (χ1n) is 5.50. The van der Waals surface area contributed by atoms with Gasteiger partial charge in [-0.05, 0) is 46.0 Å².